The van der Waals surface area contributed by atoms with Crippen molar-refractivity contribution < 1.29 is 34.8 Å². The van der Waals surface area contributed by atoms with Gasteiger partial charge in [-0.1, -0.05) is 42.2 Å². The van der Waals surface area contributed by atoms with Crippen LogP contribution in [0.4, 0.5) is 5.69 Å². The van der Waals surface area contributed by atoms with Gasteiger partial charge in [-0.3, -0.25) is 14.4 Å². The highest BCUT2D eigenvalue weighted by molar-refractivity contribution is 6.25. The molecule has 0 aliphatic heterocycles. The van der Waals surface area contributed by atoms with Crippen molar-refractivity contribution >= 4 is 28.9 Å². The van der Waals surface area contributed by atoms with Crippen LogP contribution in [0.3, 0.4) is 0 Å². The van der Waals surface area contributed by atoms with Crippen molar-refractivity contribution in [3.05, 3.63) is 64.2 Å². The number of rotatable bonds is 4. The Morgan fingerprint density at radius 3 is 2.38 bits per heavy atom. The molecule has 3 aliphatic carbocycles. The summed E-state index contributed by atoms with van der Waals surface area (Å²) >= 11 is 0. The molecule has 5 rings (SSSR count). The number of Topliss-reactive ketones (excluding diaryl/α,β-unsaturated/α-hetero) is 2. The molecule has 0 radical (unpaired) electrons. The molecule has 42 heavy (non-hydrogen) atoms. The van der Waals surface area contributed by atoms with Crippen molar-refractivity contribution in [2.24, 2.45) is 23.5 Å². The first-order chi connectivity index (χ1) is 19.8. The van der Waals surface area contributed by atoms with Crippen LogP contribution >= 0.6 is 0 Å². The smallest absolute Gasteiger partial charge is 0.230 e. The number of nitrogens with two attached hydrogens (primary N) is 1. The lowest BCUT2D eigenvalue weighted by molar-refractivity contribution is -0.184. The van der Waals surface area contributed by atoms with Crippen molar-refractivity contribution in [2.45, 2.75) is 37.0 Å². The van der Waals surface area contributed by atoms with Gasteiger partial charge in [-0.05, 0) is 50.0 Å². The molecular formula is C32H35N3O7. The average molecular weight is 574 g/mol. The minimum absolute atomic E-state index is 0.0192. The molecule has 220 valence electrons. The Kier molecular flexibility index (Phi) is 7.39. The minimum Gasteiger partial charge on any atom is -0.507 e. The second kappa shape index (κ2) is 10.6. The number of fused-ring (bicyclic) bond motifs is 3. The molecule has 0 heterocycles. The van der Waals surface area contributed by atoms with E-state index in [0.29, 0.717) is 17.7 Å². The number of anilines is 1. The molecule has 0 saturated heterocycles. The van der Waals surface area contributed by atoms with E-state index in [2.05, 4.69) is 11.8 Å². The second-order valence-corrected chi connectivity index (χ2v) is 11.8. The molecule has 1 amide bonds. The van der Waals surface area contributed by atoms with E-state index < -0.39 is 58.7 Å². The lowest BCUT2D eigenvalue weighted by Crippen LogP contribution is -2.73. The number of aliphatic hydroxyl groups is 3. The number of phenols is 1. The van der Waals surface area contributed by atoms with E-state index in [9.17, 15) is 34.8 Å². The number of phenolic OH excluding ortho intramolecular Hbond substituents is 1. The number of ketones is 2. The van der Waals surface area contributed by atoms with Crippen LogP contribution in [-0.4, -0.2) is 88.7 Å². The molecule has 10 heteroatoms. The fraction of sp³-hybridized carbons (Fsp3) is 0.406. The van der Waals surface area contributed by atoms with Crippen LogP contribution in [0.15, 0.2) is 42.0 Å². The van der Waals surface area contributed by atoms with Crippen molar-refractivity contribution in [3.63, 3.8) is 0 Å². The lowest BCUT2D eigenvalue weighted by atomic mass is 9.54. The molecule has 6 N–H and O–H groups in total. The highest BCUT2D eigenvalue weighted by Gasteiger charge is 2.67. The summed E-state index contributed by atoms with van der Waals surface area (Å²) in [6, 6.07) is 10.4. The Balaban J connectivity index is 1.65. The monoisotopic (exact) mass is 573 g/mol. The molecule has 2 saturated carbocycles. The number of aliphatic hydroxyl groups excluding tert-OH is 2. The molecule has 0 bridgehead atoms. The zero-order chi connectivity index (χ0) is 30.7. The van der Waals surface area contributed by atoms with Gasteiger partial charge in [0.15, 0.2) is 11.4 Å². The molecule has 2 fully saturated rings. The number of primary amides is 1. The fourth-order valence-corrected chi connectivity index (χ4v) is 6.98. The Hall–Kier alpha value is -4.17. The molecular weight excluding hydrogens is 538 g/mol. The van der Waals surface area contributed by atoms with Crippen molar-refractivity contribution in [3.8, 4) is 17.6 Å². The summed E-state index contributed by atoms with van der Waals surface area (Å²) < 4.78 is 0. The van der Waals surface area contributed by atoms with Gasteiger partial charge in [0.25, 0.3) is 0 Å². The van der Waals surface area contributed by atoms with Crippen LogP contribution in [0.2, 0.25) is 0 Å². The predicted molar refractivity (Wildman–Crippen MR) is 155 cm³/mol. The number of aromatic hydroxyl groups is 1. The number of hydrogen-bond acceptors (Lipinski definition) is 9. The summed E-state index contributed by atoms with van der Waals surface area (Å²) in [6.07, 6.45) is -0.824. The summed E-state index contributed by atoms with van der Waals surface area (Å²) in [6.45, 7) is 0. The van der Waals surface area contributed by atoms with E-state index in [1.165, 1.54) is 0 Å². The Labute approximate surface area is 244 Å². The summed E-state index contributed by atoms with van der Waals surface area (Å²) in [5, 5.41) is 45.7. The highest BCUT2D eigenvalue weighted by atomic mass is 16.3. The Bertz CT molecular complexity index is 1570. The van der Waals surface area contributed by atoms with Crippen LogP contribution in [0.5, 0.6) is 5.75 Å². The van der Waals surface area contributed by atoms with Gasteiger partial charge in [-0.15, -0.1) is 0 Å². The maximum atomic E-state index is 14.1. The van der Waals surface area contributed by atoms with Gasteiger partial charge in [0.1, 0.15) is 17.4 Å². The van der Waals surface area contributed by atoms with E-state index in [0.717, 1.165) is 5.56 Å². The minimum atomic E-state index is -2.70. The van der Waals surface area contributed by atoms with Crippen molar-refractivity contribution in [2.75, 3.05) is 33.1 Å². The molecule has 2 aromatic carbocycles. The maximum Gasteiger partial charge on any atom is 0.230 e. The predicted octanol–water partition coefficient (Wildman–Crippen LogP) is 0.789. The number of nitrogens with zero attached hydrogens (tertiary/aromatic N) is 2. The topological polar surface area (TPSA) is 165 Å². The third-order valence-electron chi connectivity index (χ3n) is 8.91. The lowest BCUT2D eigenvalue weighted by Gasteiger charge is -2.53. The number of carbonyl (C=O) groups excluding carboxylic acids is 3. The summed E-state index contributed by atoms with van der Waals surface area (Å²) in [5.74, 6) is -1.72. The summed E-state index contributed by atoms with van der Waals surface area (Å²) in [5.41, 5.74) is 5.09. The average Bonchev–Trinajstić information content (AvgIpc) is 2.92. The van der Waals surface area contributed by atoms with Crippen LogP contribution < -0.4 is 10.6 Å². The number of carbonyl (C=O) groups is 3. The number of likely N-dealkylation sites (N-methyl/N-ethyl adjacent to an activating group) is 1. The first-order valence-electron chi connectivity index (χ1n) is 13.8. The van der Waals surface area contributed by atoms with Gasteiger partial charge in [0.2, 0.25) is 11.7 Å². The second-order valence-electron chi connectivity index (χ2n) is 11.8. The summed E-state index contributed by atoms with van der Waals surface area (Å²) in [4.78, 5) is 43.2. The van der Waals surface area contributed by atoms with Gasteiger partial charge in [0.05, 0.1) is 17.2 Å². The standard InChI is InChI=1S/C32H35N3O7/c1-34(2)21-15-17(12-8-11-16-9-6-5-7-10-16)26(36)23-19(21)13-18-14-20-25(35(3)4)28(38)24(31(33)41)30(40)32(20,42)29(39)22(18)27(23)37/h5-7,9-10,15,18,20,24-25,28,36-38,42H,11,13-14H2,1-4H3,(H2,33,41)/t18-,20-,24?,25-,28?,32-/m1/s1. The molecule has 3 aliphatic rings. The molecule has 2 unspecified atom stereocenters. The number of hydrogen-bond donors (Lipinski definition) is 5. The Morgan fingerprint density at radius 1 is 1.12 bits per heavy atom. The number of amides is 1. The maximum absolute atomic E-state index is 14.1. The van der Waals surface area contributed by atoms with Crippen LogP contribution in [0.1, 0.15) is 28.7 Å². The van der Waals surface area contributed by atoms with Crippen molar-refractivity contribution in [1.82, 2.24) is 4.90 Å². The van der Waals surface area contributed by atoms with Gasteiger partial charge in [-0.25, -0.2) is 0 Å². The first kappa shape index (κ1) is 29.3. The van der Waals surface area contributed by atoms with Gasteiger partial charge in [-0.2, -0.15) is 0 Å². The SMILES string of the molecule is CN(C)c1cc(C#CCc2ccccc2)c(O)c2c1C[C@@H]1C[C@@H]3[C@@H](N(C)C)C(O)C(C(N)=O)C(=O)[C@]3(O)C(=O)C1=C2O. The quantitative estimate of drug-likeness (QED) is 0.263. The van der Waals surface area contributed by atoms with Crippen LogP contribution in [0, 0.1) is 29.6 Å². The third kappa shape index (κ3) is 4.36. The third-order valence-corrected chi connectivity index (χ3v) is 8.91. The molecule has 10 nitrogen and oxygen atoms in total. The van der Waals surface area contributed by atoms with Crippen LogP contribution in [0.25, 0.3) is 5.76 Å². The van der Waals surface area contributed by atoms with E-state index in [4.69, 9.17) is 5.73 Å². The molecule has 0 aromatic heterocycles. The van der Waals surface area contributed by atoms with E-state index in [1.807, 2.05) is 49.3 Å². The van der Waals surface area contributed by atoms with E-state index >= 15 is 0 Å². The molecule has 0 spiro atoms. The zero-order valence-corrected chi connectivity index (χ0v) is 24.0. The Morgan fingerprint density at radius 2 is 1.79 bits per heavy atom. The molecule has 2 aromatic rings. The van der Waals surface area contributed by atoms with E-state index in [1.54, 1.807) is 25.1 Å². The van der Waals surface area contributed by atoms with Crippen molar-refractivity contribution in [1.29, 1.82) is 0 Å². The van der Waals surface area contributed by atoms with Gasteiger partial charge < -0.3 is 36.0 Å². The van der Waals surface area contributed by atoms with Crippen LogP contribution in [-0.2, 0) is 27.2 Å². The zero-order valence-electron chi connectivity index (χ0n) is 24.0. The summed E-state index contributed by atoms with van der Waals surface area (Å²) in [7, 11) is 6.87. The highest BCUT2D eigenvalue weighted by Crippen LogP contribution is 2.53. The fourth-order valence-electron chi connectivity index (χ4n) is 6.98. The first-order valence-corrected chi connectivity index (χ1v) is 13.8. The van der Waals surface area contributed by atoms with E-state index in [-0.39, 0.29) is 35.3 Å². The van der Waals surface area contributed by atoms with Gasteiger partial charge >= 0.3 is 0 Å². The largest absolute Gasteiger partial charge is 0.507 e. The number of benzene rings is 2. The van der Waals surface area contributed by atoms with Gasteiger partial charge in [0, 0.05) is 43.7 Å². The normalized spacial score (nSPS) is 28.4. The molecule has 6 atom stereocenters.